The number of nitrogens with one attached hydrogen (secondary N) is 1. The van der Waals surface area contributed by atoms with Gasteiger partial charge in [-0.15, -0.1) is 0 Å². The lowest BCUT2D eigenvalue weighted by atomic mass is 9.84. The SMILES string of the molecule is C[C@@H](c1ccc(-c2cccnc2)cc1)N1CC[C@](CCCNS(C)(=O)=O)(c2ccccc2)OC1=O. The zero-order valence-corrected chi connectivity index (χ0v) is 20.9. The molecule has 3 aromatic rings. The highest BCUT2D eigenvalue weighted by Gasteiger charge is 2.43. The van der Waals surface area contributed by atoms with Crippen molar-refractivity contribution in [3.8, 4) is 11.1 Å². The molecule has 184 valence electrons. The molecule has 1 aliphatic rings. The molecule has 35 heavy (non-hydrogen) atoms. The average molecular weight is 494 g/mol. The van der Waals surface area contributed by atoms with Crippen LogP contribution >= 0.6 is 0 Å². The lowest BCUT2D eigenvalue weighted by Crippen LogP contribution is -2.49. The second-order valence-corrected chi connectivity index (χ2v) is 10.8. The molecule has 2 atom stereocenters. The monoisotopic (exact) mass is 493 g/mol. The molecule has 4 rings (SSSR count). The highest BCUT2D eigenvalue weighted by atomic mass is 32.2. The standard InChI is InChI=1S/C27H31N3O4S/c1-21(22-11-13-23(14-12-22)24-8-6-17-28-20-24)30-19-16-27(34-26(30)31,25-9-4-3-5-10-25)15-7-18-29-35(2,32)33/h3-6,8-14,17,20-21,29H,7,15-16,18-19H2,1-2H3/t21-,27+/m0/s1. The van der Waals surface area contributed by atoms with E-state index in [1.54, 1.807) is 11.1 Å². The van der Waals surface area contributed by atoms with E-state index < -0.39 is 15.6 Å². The predicted molar refractivity (Wildman–Crippen MR) is 136 cm³/mol. The molecule has 1 fully saturated rings. The molecule has 1 aromatic heterocycles. The summed E-state index contributed by atoms with van der Waals surface area (Å²) < 4.78 is 31.5. The number of sulfonamides is 1. The number of carbonyl (C=O) groups is 1. The van der Waals surface area contributed by atoms with Crippen LogP contribution in [0.2, 0.25) is 0 Å². The summed E-state index contributed by atoms with van der Waals surface area (Å²) in [6, 6.07) is 21.7. The maximum atomic E-state index is 13.3. The Morgan fingerprint density at radius 1 is 1.06 bits per heavy atom. The minimum absolute atomic E-state index is 0.147. The fourth-order valence-corrected chi connectivity index (χ4v) is 5.10. The van der Waals surface area contributed by atoms with Crippen LogP contribution in [0.25, 0.3) is 11.1 Å². The number of amides is 1. The smallest absolute Gasteiger partial charge is 0.411 e. The van der Waals surface area contributed by atoms with Crippen molar-refractivity contribution >= 4 is 16.1 Å². The van der Waals surface area contributed by atoms with Crippen LogP contribution in [0.1, 0.15) is 43.4 Å². The van der Waals surface area contributed by atoms with Gasteiger partial charge < -0.3 is 9.64 Å². The van der Waals surface area contributed by atoms with Crippen molar-refractivity contribution in [2.24, 2.45) is 0 Å². The molecule has 0 saturated carbocycles. The maximum Gasteiger partial charge on any atom is 0.411 e. The van der Waals surface area contributed by atoms with Crippen molar-refractivity contribution in [3.63, 3.8) is 0 Å². The van der Waals surface area contributed by atoms with Gasteiger partial charge in [0, 0.05) is 31.9 Å². The van der Waals surface area contributed by atoms with E-state index >= 15 is 0 Å². The molecule has 2 aromatic carbocycles. The van der Waals surface area contributed by atoms with Gasteiger partial charge >= 0.3 is 6.09 Å². The van der Waals surface area contributed by atoms with Gasteiger partial charge in [0.15, 0.2) is 0 Å². The summed E-state index contributed by atoms with van der Waals surface area (Å²) >= 11 is 0. The van der Waals surface area contributed by atoms with Gasteiger partial charge in [0.25, 0.3) is 0 Å². The molecule has 0 radical (unpaired) electrons. The summed E-state index contributed by atoms with van der Waals surface area (Å²) in [5, 5.41) is 0. The van der Waals surface area contributed by atoms with E-state index in [0.29, 0.717) is 32.4 Å². The fraction of sp³-hybridized carbons (Fsp3) is 0.333. The second kappa shape index (κ2) is 10.6. The highest BCUT2D eigenvalue weighted by molar-refractivity contribution is 7.88. The molecular formula is C27H31N3O4S. The Labute approximate surface area is 207 Å². The van der Waals surface area contributed by atoms with Crippen LogP contribution in [0.5, 0.6) is 0 Å². The Morgan fingerprint density at radius 2 is 1.80 bits per heavy atom. The summed E-state index contributed by atoms with van der Waals surface area (Å²) in [6.07, 6.45) is 6.07. The zero-order valence-electron chi connectivity index (χ0n) is 20.1. The van der Waals surface area contributed by atoms with E-state index in [1.165, 1.54) is 0 Å². The Hall–Kier alpha value is -3.23. The van der Waals surface area contributed by atoms with E-state index in [0.717, 1.165) is 28.5 Å². The van der Waals surface area contributed by atoms with E-state index in [-0.39, 0.29) is 12.1 Å². The van der Waals surface area contributed by atoms with E-state index in [1.807, 2.05) is 79.9 Å². The summed E-state index contributed by atoms with van der Waals surface area (Å²) in [6.45, 7) is 2.85. The van der Waals surface area contributed by atoms with Crippen LogP contribution in [0, 0.1) is 0 Å². The predicted octanol–water partition coefficient (Wildman–Crippen LogP) is 4.88. The maximum absolute atomic E-state index is 13.3. The van der Waals surface area contributed by atoms with Gasteiger partial charge in [-0.25, -0.2) is 17.9 Å². The molecule has 2 heterocycles. The first kappa shape index (κ1) is 24.9. The van der Waals surface area contributed by atoms with Crippen LogP contribution in [0.4, 0.5) is 4.79 Å². The summed E-state index contributed by atoms with van der Waals surface area (Å²) in [5.41, 5.74) is 3.29. The van der Waals surface area contributed by atoms with E-state index in [2.05, 4.69) is 9.71 Å². The van der Waals surface area contributed by atoms with Gasteiger partial charge in [-0.3, -0.25) is 4.98 Å². The first-order valence-corrected chi connectivity index (χ1v) is 13.7. The Morgan fingerprint density at radius 3 is 2.43 bits per heavy atom. The van der Waals surface area contributed by atoms with Crippen molar-refractivity contribution in [3.05, 3.63) is 90.3 Å². The number of aromatic nitrogens is 1. The minimum atomic E-state index is -3.26. The van der Waals surface area contributed by atoms with Crippen molar-refractivity contribution in [2.75, 3.05) is 19.3 Å². The van der Waals surface area contributed by atoms with Crippen molar-refractivity contribution in [1.82, 2.24) is 14.6 Å². The molecule has 8 heteroatoms. The molecule has 1 saturated heterocycles. The van der Waals surface area contributed by atoms with Gasteiger partial charge in [-0.2, -0.15) is 0 Å². The molecule has 0 unspecified atom stereocenters. The van der Waals surface area contributed by atoms with Crippen LogP contribution in [0.15, 0.2) is 79.1 Å². The summed E-state index contributed by atoms with van der Waals surface area (Å²) in [7, 11) is -3.26. The van der Waals surface area contributed by atoms with Crippen LogP contribution in [0.3, 0.4) is 0 Å². The Bertz CT molecular complexity index is 1230. The van der Waals surface area contributed by atoms with Gasteiger partial charge in [0.05, 0.1) is 12.3 Å². The fourth-order valence-electron chi connectivity index (χ4n) is 4.59. The zero-order chi connectivity index (χ0) is 24.9. The Balaban J connectivity index is 1.47. The molecule has 1 N–H and O–H groups in total. The third kappa shape index (κ3) is 6.07. The third-order valence-electron chi connectivity index (χ3n) is 6.55. The first-order chi connectivity index (χ1) is 16.8. The quantitative estimate of drug-likeness (QED) is 0.429. The lowest BCUT2D eigenvalue weighted by molar-refractivity contribution is -0.0662. The largest absolute Gasteiger partial charge is 0.438 e. The number of carbonyl (C=O) groups excluding carboxylic acids is 1. The van der Waals surface area contributed by atoms with Gasteiger partial charge in [-0.1, -0.05) is 60.7 Å². The lowest BCUT2D eigenvalue weighted by Gasteiger charge is -2.43. The van der Waals surface area contributed by atoms with E-state index in [4.69, 9.17) is 4.74 Å². The summed E-state index contributed by atoms with van der Waals surface area (Å²) in [5.74, 6) is 0. The molecule has 7 nitrogen and oxygen atoms in total. The van der Waals surface area contributed by atoms with Crippen molar-refractivity contribution in [2.45, 2.75) is 37.8 Å². The molecule has 0 bridgehead atoms. The number of benzene rings is 2. The molecule has 0 spiro atoms. The number of rotatable bonds is 9. The number of pyridine rings is 1. The number of hydrogen-bond acceptors (Lipinski definition) is 5. The summed E-state index contributed by atoms with van der Waals surface area (Å²) in [4.78, 5) is 19.2. The second-order valence-electron chi connectivity index (χ2n) is 8.98. The van der Waals surface area contributed by atoms with E-state index in [9.17, 15) is 13.2 Å². The number of ether oxygens (including phenoxy) is 1. The normalized spacial score (nSPS) is 19.3. The minimum Gasteiger partial charge on any atom is -0.438 e. The highest BCUT2D eigenvalue weighted by Crippen LogP contribution is 2.40. The van der Waals surface area contributed by atoms with Crippen LogP contribution in [-0.4, -0.2) is 43.7 Å². The van der Waals surface area contributed by atoms with Gasteiger partial charge in [0.2, 0.25) is 10.0 Å². The number of hydrogen-bond donors (Lipinski definition) is 1. The molecule has 1 aliphatic heterocycles. The van der Waals surface area contributed by atoms with Gasteiger partial charge in [0.1, 0.15) is 5.60 Å². The average Bonchev–Trinajstić information content (AvgIpc) is 2.87. The van der Waals surface area contributed by atoms with Crippen LogP contribution < -0.4 is 4.72 Å². The first-order valence-electron chi connectivity index (χ1n) is 11.8. The Kier molecular flexibility index (Phi) is 7.52. The van der Waals surface area contributed by atoms with Crippen molar-refractivity contribution < 1.29 is 17.9 Å². The van der Waals surface area contributed by atoms with Crippen molar-refractivity contribution in [1.29, 1.82) is 0 Å². The molecule has 1 amide bonds. The van der Waals surface area contributed by atoms with Gasteiger partial charge in [-0.05, 0) is 48.1 Å². The number of cyclic esters (lactones) is 1. The van der Waals surface area contributed by atoms with Crippen LogP contribution in [-0.2, 0) is 20.4 Å². The molecular weight excluding hydrogens is 462 g/mol. The number of nitrogens with zero attached hydrogens (tertiary/aromatic N) is 2. The molecule has 0 aliphatic carbocycles. The topological polar surface area (TPSA) is 88.6 Å². The third-order valence-corrected chi connectivity index (χ3v) is 7.28.